The van der Waals surface area contributed by atoms with E-state index in [4.69, 9.17) is 5.26 Å². The van der Waals surface area contributed by atoms with Crippen molar-refractivity contribution in [2.24, 2.45) is 0 Å². The average molecular weight is 444 g/mol. The molecule has 0 aliphatic heterocycles. The van der Waals surface area contributed by atoms with Gasteiger partial charge in [0.1, 0.15) is 16.0 Å². The minimum Gasteiger partial charge on any atom is -0.412 e. The summed E-state index contributed by atoms with van der Waals surface area (Å²) in [5.74, 6) is -2.09. The smallest absolute Gasteiger partial charge is 0.412 e. The van der Waals surface area contributed by atoms with Crippen LogP contribution in [0.2, 0.25) is 0 Å². The Morgan fingerprint density at radius 2 is 2.03 bits per heavy atom. The highest BCUT2D eigenvalue weighted by molar-refractivity contribution is 7.92. The molecular weight excluding hydrogens is 433 g/mol. The normalized spacial score (nSPS) is 12.0. The van der Waals surface area contributed by atoms with Crippen LogP contribution in [-0.2, 0) is 22.7 Å². The van der Waals surface area contributed by atoms with Crippen LogP contribution in [0.15, 0.2) is 29.1 Å². The van der Waals surface area contributed by atoms with Gasteiger partial charge < -0.3 is 4.42 Å². The van der Waals surface area contributed by atoms with Crippen molar-refractivity contribution in [1.29, 1.82) is 5.26 Å². The molecule has 0 fully saturated rings. The van der Waals surface area contributed by atoms with Crippen molar-refractivity contribution < 1.29 is 26.0 Å². The molecule has 9 nitrogen and oxygen atoms in total. The lowest BCUT2D eigenvalue weighted by molar-refractivity contribution is -0.156. The molecule has 0 aromatic carbocycles. The van der Waals surface area contributed by atoms with Crippen molar-refractivity contribution in [2.75, 3.05) is 10.1 Å². The summed E-state index contributed by atoms with van der Waals surface area (Å²) in [7, 11) is -3.76. The average Bonchev–Trinajstić information content (AvgIpc) is 3.35. The maximum absolute atomic E-state index is 12.6. The molecule has 3 aromatic heterocycles. The zero-order valence-electron chi connectivity index (χ0n) is 14.6. The van der Waals surface area contributed by atoms with E-state index in [1.165, 1.54) is 31.6 Å². The Hall–Kier alpha value is -3.05. The highest BCUT2D eigenvalue weighted by atomic mass is 32.2. The number of aromatic nitrogens is 4. The third-order valence-electron chi connectivity index (χ3n) is 3.55. The molecule has 0 saturated heterocycles. The van der Waals surface area contributed by atoms with Gasteiger partial charge >= 0.3 is 12.1 Å². The molecule has 0 N–H and O–H groups in total. The van der Waals surface area contributed by atoms with Crippen molar-refractivity contribution in [3.8, 4) is 16.8 Å². The first-order valence-electron chi connectivity index (χ1n) is 7.85. The summed E-state index contributed by atoms with van der Waals surface area (Å²) in [6, 6.07) is 3.24. The Balaban J connectivity index is 1.91. The van der Waals surface area contributed by atoms with Crippen molar-refractivity contribution in [3.05, 3.63) is 41.1 Å². The van der Waals surface area contributed by atoms with Gasteiger partial charge in [0.05, 0.1) is 35.9 Å². The molecule has 0 radical (unpaired) electrons. The second kappa shape index (κ2) is 7.76. The van der Waals surface area contributed by atoms with E-state index in [1.807, 2.05) is 6.07 Å². The number of halogens is 3. The van der Waals surface area contributed by atoms with E-state index in [0.29, 0.717) is 0 Å². The number of sulfonamides is 1. The van der Waals surface area contributed by atoms with Crippen molar-refractivity contribution in [3.63, 3.8) is 0 Å². The van der Waals surface area contributed by atoms with Gasteiger partial charge in [0.15, 0.2) is 0 Å². The summed E-state index contributed by atoms with van der Waals surface area (Å²) in [5, 5.41) is 15.6. The van der Waals surface area contributed by atoms with E-state index in [0.717, 1.165) is 15.6 Å². The molecule has 152 valence electrons. The van der Waals surface area contributed by atoms with Crippen LogP contribution in [0.1, 0.15) is 23.4 Å². The van der Waals surface area contributed by atoms with Crippen molar-refractivity contribution in [1.82, 2.24) is 20.2 Å². The first-order valence-corrected chi connectivity index (χ1v) is 10.3. The van der Waals surface area contributed by atoms with Crippen LogP contribution in [0.4, 0.5) is 18.9 Å². The van der Waals surface area contributed by atoms with Crippen LogP contribution in [0.3, 0.4) is 0 Å². The van der Waals surface area contributed by atoms with E-state index in [-0.39, 0.29) is 39.3 Å². The summed E-state index contributed by atoms with van der Waals surface area (Å²) in [6.45, 7) is 1.24. The van der Waals surface area contributed by atoms with E-state index in [1.54, 1.807) is 0 Å². The van der Waals surface area contributed by atoms with Crippen LogP contribution >= 0.6 is 11.3 Å². The molecular formula is C15H11F3N6O3S2. The van der Waals surface area contributed by atoms with Gasteiger partial charge in [-0.1, -0.05) is 0 Å². The Kier molecular flexibility index (Phi) is 5.53. The van der Waals surface area contributed by atoms with E-state index >= 15 is 0 Å². The minimum atomic E-state index is -4.77. The Morgan fingerprint density at radius 3 is 2.66 bits per heavy atom. The molecule has 29 heavy (non-hydrogen) atoms. The van der Waals surface area contributed by atoms with Crippen LogP contribution < -0.4 is 4.31 Å². The van der Waals surface area contributed by atoms with Crippen LogP contribution in [0, 0.1) is 11.3 Å². The fraction of sp³-hybridized carbons (Fsp3) is 0.267. The van der Waals surface area contributed by atoms with E-state index in [9.17, 15) is 21.6 Å². The van der Waals surface area contributed by atoms with Gasteiger partial charge in [-0.25, -0.2) is 13.4 Å². The number of nitrogens with zero attached hydrogens (tertiary/aromatic N) is 6. The van der Waals surface area contributed by atoms with Gasteiger partial charge in [0, 0.05) is 6.20 Å². The topological polar surface area (TPSA) is 126 Å². The first kappa shape index (κ1) is 20.7. The predicted octanol–water partition coefficient (Wildman–Crippen LogP) is 2.83. The lowest BCUT2D eigenvalue weighted by Crippen LogP contribution is -2.32. The molecule has 0 spiro atoms. The zero-order chi connectivity index (χ0) is 21.2. The van der Waals surface area contributed by atoms with Crippen molar-refractivity contribution in [2.45, 2.75) is 19.6 Å². The van der Waals surface area contributed by atoms with Gasteiger partial charge in [-0.3, -0.25) is 9.29 Å². The standard InChI is InChI=1S/C15H11F3N6O3S2/c1-2-29(25,26)24(10-3-9(4-19)5-20-6-10)8-12-21-7-11(28-12)13-22-23-14(27-13)15(16,17)18/h3,5-7H,2,8H2,1H3. The Bertz CT molecular complexity index is 1170. The number of thiazole rings is 1. The SMILES string of the molecule is CCS(=O)(=O)N(Cc1ncc(-c2nnc(C(F)(F)F)o2)s1)c1cncc(C#N)c1. The van der Waals surface area contributed by atoms with Gasteiger partial charge in [0.2, 0.25) is 10.0 Å². The third kappa shape index (κ3) is 4.51. The molecule has 3 aromatic rings. The van der Waals surface area contributed by atoms with E-state index in [2.05, 4.69) is 24.6 Å². The quantitative estimate of drug-likeness (QED) is 0.568. The van der Waals surface area contributed by atoms with Gasteiger partial charge in [-0.15, -0.1) is 21.5 Å². The summed E-state index contributed by atoms with van der Waals surface area (Å²) < 4.78 is 68.5. The molecule has 0 bridgehead atoms. The number of nitriles is 1. The number of pyridine rings is 1. The highest BCUT2D eigenvalue weighted by Crippen LogP contribution is 2.33. The summed E-state index contributed by atoms with van der Waals surface area (Å²) in [5.41, 5.74) is 0.337. The van der Waals surface area contributed by atoms with Gasteiger partial charge in [0.25, 0.3) is 5.89 Å². The second-order valence-electron chi connectivity index (χ2n) is 5.48. The summed E-state index contributed by atoms with van der Waals surface area (Å²) >= 11 is 0.903. The predicted molar refractivity (Wildman–Crippen MR) is 95.0 cm³/mol. The minimum absolute atomic E-state index is 0.153. The molecule has 0 saturated carbocycles. The lowest BCUT2D eigenvalue weighted by Gasteiger charge is -2.22. The molecule has 3 rings (SSSR count). The monoisotopic (exact) mass is 444 g/mol. The van der Waals surface area contributed by atoms with Gasteiger partial charge in [-0.2, -0.15) is 18.4 Å². The second-order valence-corrected chi connectivity index (χ2v) is 8.78. The summed E-state index contributed by atoms with van der Waals surface area (Å²) in [6.07, 6.45) is -0.983. The maximum atomic E-state index is 12.6. The van der Waals surface area contributed by atoms with Crippen molar-refractivity contribution >= 4 is 27.0 Å². The van der Waals surface area contributed by atoms with Crippen LogP contribution in [0.5, 0.6) is 0 Å². The molecule has 0 aliphatic carbocycles. The number of rotatable bonds is 6. The molecule has 0 amide bonds. The fourth-order valence-electron chi connectivity index (χ4n) is 2.17. The fourth-order valence-corrected chi connectivity index (χ4v) is 4.14. The summed E-state index contributed by atoms with van der Waals surface area (Å²) in [4.78, 5) is 8.05. The van der Waals surface area contributed by atoms with E-state index < -0.39 is 22.1 Å². The Morgan fingerprint density at radius 1 is 1.28 bits per heavy atom. The number of hydrogen-bond donors (Lipinski definition) is 0. The first-order chi connectivity index (χ1) is 13.6. The number of anilines is 1. The number of alkyl halides is 3. The molecule has 3 heterocycles. The molecule has 14 heteroatoms. The third-order valence-corrected chi connectivity index (χ3v) is 6.26. The zero-order valence-corrected chi connectivity index (χ0v) is 16.2. The molecule has 0 atom stereocenters. The molecule has 0 aliphatic rings. The lowest BCUT2D eigenvalue weighted by atomic mass is 10.3. The largest absolute Gasteiger partial charge is 0.470 e. The van der Waals surface area contributed by atoms with Crippen LogP contribution in [0.25, 0.3) is 10.8 Å². The maximum Gasteiger partial charge on any atom is 0.470 e. The highest BCUT2D eigenvalue weighted by Gasteiger charge is 2.38. The van der Waals surface area contributed by atoms with Crippen LogP contribution in [-0.4, -0.2) is 34.3 Å². The Labute approximate surface area is 166 Å². The molecule has 0 unspecified atom stereocenters. The van der Waals surface area contributed by atoms with Gasteiger partial charge in [-0.05, 0) is 13.0 Å². The number of hydrogen-bond acceptors (Lipinski definition) is 9.